The number of nitrogens with zero attached hydrogens (tertiary/aromatic N) is 2. The van der Waals surface area contributed by atoms with Crippen LogP contribution in [0.4, 0.5) is 5.69 Å². The molecule has 9 heteroatoms. The van der Waals surface area contributed by atoms with Gasteiger partial charge in [0, 0.05) is 16.6 Å². The number of rotatable bonds is 6. The highest BCUT2D eigenvalue weighted by molar-refractivity contribution is 9.10. The molecule has 0 bridgehead atoms. The molecule has 1 N–H and O–H groups in total. The SMILES string of the molecule is CC(Cc1ccc(Br)cc1)NC(=O)Cn1c(=O)oc2cc([N+](=O)[O-])ccc21. The lowest BCUT2D eigenvalue weighted by Crippen LogP contribution is -2.37. The molecule has 140 valence electrons. The first-order valence-corrected chi connectivity index (χ1v) is 8.94. The fraction of sp³-hybridized carbons (Fsp3) is 0.222. The Labute approximate surface area is 162 Å². The molecule has 3 aromatic rings. The summed E-state index contributed by atoms with van der Waals surface area (Å²) in [5.41, 5.74) is 1.30. The van der Waals surface area contributed by atoms with Gasteiger partial charge in [-0.05, 0) is 37.1 Å². The summed E-state index contributed by atoms with van der Waals surface area (Å²) in [6.07, 6.45) is 0.645. The highest BCUT2D eigenvalue weighted by atomic mass is 79.9. The number of hydrogen-bond acceptors (Lipinski definition) is 5. The van der Waals surface area contributed by atoms with Gasteiger partial charge < -0.3 is 9.73 Å². The van der Waals surface area contributed by atoms with E-state index in [-0.39, 0.29) is 29.8 Å². The van der Waals surface area contributed by atoms with Crippen LogP contribution in [0.3, 0.4) is 0 Å². The van der Waals surface area contributed by atoms with Crippen LogP contribution in [0, 0.1) is 10.1 Å². The minimum absolute atomic E-state index is 0.0740. The second-order valence-electron chi connectivity index (χ2n) is 6.16. The average Bonchev–Trinajstić information content (AvgIpc) is 2.91. The van der Waals surface area contributed by atoms with Gasteiger partial charge in [0.05, 0.1) is 16.5 Å². The molecule has 0 aliphatic heterocycles. The zero-order chi connectivity index (χ0) is 19.6. The van der Waals surface area contributed by atoms with Crippen LogP contribution in [-0.2, 0) is 17.8 Å². The molecule has 8 nitrogen and oxygen atoms in total. The van der Waals surface area contributed by atoms with Crippen molar-refractivity contribution in [2.45, 2.75) is 25.9 Å². The number of fused-ring (bicyclic) bond motifs is 1. The Kier molecular flexibility index (Phi) is 5.41. The van der Waals surface area contributed by atoms with Crippen molar-refractivity contribution in [1.29, 1.82) is 0 Å². The second kappa shape index (κ2) is 7.75. The van der Waals surface area contributed by atoms with Crippen LogP contribution in [0.2, 0.25) is 0 Å². The number of hydrogen-bond donors (Lipinski definition) is 1. The van der Waals surface area contributed by atoms with Crippen LogP contribution in [0.5, 0.6) is 0 Å². The largest absolute Gasteiger partial charge is 0.420 e. The Bertz CT molecular complexity index is 1060. The molecule has 0 fully saturated rings. The number of non-ortho nitro benzene ring substituents is 1. The Morgan fingerprint density at radius 2 is 2.00 bits per heavy atom. The minimum atomic E-state index is -0.735. The molecule has 1 unspecified atom stereocenters. The number of nitrogens with one attached hydrogen (secondary N) is 1. The summed E-state index contributed by atoms with van der Waals surface area (Å²) in [6.45, 7) is 1.65. The molecular weight excluding hydrogens is 418 g/mol. The van der Waals surface area contributed by atoms with E-state index in [1.54, 1.807) is 0 Å². The van der Waals surface area contributed by atoms with Crippen LogP contribution in [0.1, 0.15) is 12.5 Å². The fourth-order valence-electron chi connectivity index (χ4n) is 2.81. The molecular formula is C18H16BrN3O5. The Morgan fingerprint density at radius 1 is 1.30 bits per heavy atom. The number of carbonyl (C=O) groups is 1. The lowest BCUT2D eigenvalue weighted by atomic mass is 10.1. The maximum Gasteiger partial charge on any atom is 0.420 e. The maximum atomic E-state index is 12.3. The first-order valence-electron chi connectivity index (χ1n) is 8.15. The standard InChI is InChI=1S/C18H16BrN3O5/c1-11(8-12-2-4-13(19)5-3-12)20-17(23)10-21-15-7-6-14(22(25)26)9-16(15)27-18(21)24/h2-7,9,11H,8,10H2,1H3,(H,20,23). The van der Waals surface area contributed by atoms with Crippen molar-refractivity contribution in [3.05, 3.63) is 73.2 Å². The first-order chi connectivity index (χ1) is 12.8. The molecule has 0 spiro atoms. The third-order valence-electron chi connectivity index (χ3n) is 4.03. The topological polar surface area (TPSA) is 107 Å². The number of nitro groups is 1. The molecule has 1 amide bonds. The fourth-order valence-corrected chi connectivity index (χ4v) is 3.07. The number of amides is 1. The highest BCUT2D eigenvalue weighted by Crippen LogP contribution is 2.20. The van der Waals surface area contributed by atoms with Gasteiger partial charge in [-0.3, -0.25) is 19.5 Å². The van der Waals surface area contributed by atoms with E-state index < -0.39 is 10.7 Å². The molecule has 27 heavy (non-hydrogen) atoms. The minimum Gasteiger partial charge on any atom is -0.407 e. The maximum absolute atomic E-state index is 12.3. The number of nitro benzene ring substituents is 1. The van der Waals surface area contributed by atoms with Gasteiger partial charge in [-0.15, -0.1) is 0 Å². The predicted octanol–water partition coefficient (Wildman–Crippen LogP) is 3.01. The van der Waals surface area contributed by atoms with Crippen molar-refractivity contribution in [3.63, 3.8) is 0 Å². The van der Waals surface area contributed by atoms with E-state index in [9.17, 15) is 19.7 Å². The number of benzene rings is 2. The molecule has 2 aromatic carbocycles. The Hall–Kier alpha value is -2.94. The number of oxazole rings is 1. The van der Waals surface area contributed by atoms with Crippen LogP contribution < -0.4 is 11.1 Å². The highest BCUT2D eigenvalue weighted by Gasteiger charge is 2.17. The van der Waals surface area contributed by atoms with Gasteiger partial charge in [0.2, 0.25) is 5.91 Å². The smallest absolute Gasteiger partial charge is 0.407 e. The summed E-state index contributed by atoms with van der Waals surface area (Å²) in [5, 5.41) is 13.7. The zero-order valence-electron chi connectivity index (χ0n) is 14.3. The molecule has 1 heterocycles. The monoisotopic (exact) mass is 433 g/mol. The summed E-state index contributed by atoms with van der Waals surface area (Å²) in [6, 6.07) is 11.5. The van der Waals surface area contributed by atoms with Crippen molar-refractivity contribution < 1.29 is 14.1 Å². The van der Waals surface area contributed by atoms with Gasteiger partial charge in [-0.2, -0.15) is 0 Å². The Morgan fingerprint density at radius 3 is 2.67 bits per heavy atom. The summed E-state index contributed by atoms with van der Waals surface area (Å²) < 4.78 is 7.16. The zero-order valence-corrected chi connectivity index (χ0v) is 15.9. The summed E-state index contributed by atoms with van der Waals surface area (Å²) >= 11 is 3.38. The van der Waals surface area contributed by atoms with E-state index in [1.807, 2.05) is 31.2 Å². The molecule has 0 aliphatic carbocycles. The molecule has 0 aliphatic rings. The second-order valence-corrected chi connectivity index (χ2v) is 7.08. The quantitative estimate of drug-likeness (QED) is 0.474. The molecule has 1 atom stereocenters. The van der Waals surface area contributed by atoms with Crippen LogP contribution in [0.15, 0.2) is 56.1 Å². The third kappa shape index (κ3) is 4.43. The normalized spacial score (nSPS) is 12.1. The van der Waals surface area contributed by atoms with Crippen molar-refractivity contribution in [3.8, 4) is 0 Å². The van der Waals surface area contributed by atoms with Gasteiger partial charge in [-0.1, -0.05) is 28.1 Å². The summed E-state index contributed by atoms with van der Waals surface area (Å²) in [4.78, 5) is 34.6. The average molecular weight is 434 g/mol. The van der Waals surface area contributed by atoms with E-state index in [1.165, 1.54) is 18.2 Å². The van der Waals surface area contributed by atoms with E-state index >= 15 is 0 Å². The Balaban J connectivity index is 1.70. The van der Waals surface area contributed by atoms with Crippen LogP contribution in [0.25, 0.3) is 11.1 Å². The van der Waals surface area contributed by atoms with Crippen molar-refractivity contribution in [2.75, 3.05) is 0 Å². The number of aromatic nitrogens is 1. The first kappa shape index (κ1) is 18.8. The van der Waals surface area contributed by atoms with Gasteiger partial charge >= 0.3 is 5.76 Å². The molecule has 1 aromatic heterocycles. The van der Waals surface area contributed by atoms with Gasteiger partial charge in [-0.25, -0.2) is 4.79 Å². The van der Waals surface area contributed by atoms with E-state index in [0.29, 0.717) is 11.9 Å². The predicted molar refractivity (Wildman–Crippen MR) is 103 cm³/mol. The van der Waals surface area contributed by atoms with Crippen molar-refractivity contribution in [1.82, 2.24) is 9.88 Å². The van der Waals surface area contributed by atoms with E-state index in [0.717, 1.165) is 14.6 Å². The van der Waals surface area contributed by atoms with E-state index in [4.69, 9.17) is 4.42 Å². The van der Waals surface area contributed by atoms with Crippen LogP contribution in [-0.4, -0.2) is 21.4 Å². The molecule has 0 saturated carbocycles. The molecule has 0 saturated heterocycles. The molecule has 0 radical (unpaired) electrons. The lowest BCUT2D eigenvalue weighted by molar-refractivity contribution is -0.384. The third-order valence-corrected chi connectivity index (χ3v) is 4.56. The summed E-state index contributed by atoms with van der Waals surface area (Å²) in [7, 11) is 0. The number of carbonyl (C=O) groups excluding carboxylic acids is 1. The van der Waals surface area contributed by atoms with E-state index in [2.05, 4.69) is 21.2 Å². The van der Waals surface area contributed by atoms with Gasteiger partial charge in [0.25, 0.3) is 5.69 Å². The summed E-state index contributed by atoms with van der Waals surface area (Å²) in [5.74, 6) is -1.08. The molecule has 3 rings (SSSR count). The lowest BCUT2D eigenvalue weighted by Gasteiger charge is -2.14. The van der Waals surface area contributed by atoms with Crippen molar-refractivity contribution in [2.24, 2.45) is 0 Å². The van der Waals surface area contributed by atoms with Gasteiger partial charge in [0.1, 0.15) is 6.54 Å². The number of halogens is 1. The van der Waals surface area contributed by atoms with Crippen LogP contribution >= 0.6 is 15.9 Å². The van der Waals surface area contributed by atoms with Crippen molar-refractivity contribution >= 4 is 38.6 Å². The van der Waals surface area contributed by atoms with Gasteiger partial charge in [0.15, 0.2) is 5.58 Å².